The molecule has 0 amide bonds. The summed E-state index contributed by atoms with van der Waals surface area (Å²) in [5.74, 6) is 1.67. The predicted molar refractivity (Wildman–Crippen MR) is 86.3 cm³/mol. The van der Waals surface area contributed by atoms with E-state index in [0.717, 1.165) is 28.5 Å². The second-order valence-corrected chi connectivity index (χ2v) is 5.13. The fraction of sp³-hybridized carbons (Fsp3) is 0.118. The van der Waals surface area contributed by atoms with Gasteiger partial charge in [0.05, 0.1) is 24.9 Å². The van der Waals surface area contributed by atoms with E-state index in [1.54, 1.807) is 19.6 Å². The highest BCUT2D eigenvalue weighted by Crippen LogP contribution is 2.28. The molecule has 0 atom stereocenters. The van der Waals surface area contributed by atoms with Crippen LogP contribution in [-0.2, 0) is 6.54 Å². The number of imidazole rings is 1. The van der Waals surface area contributed by atoms with E-state index in [-0.39, 0.29) is 0 Å². The highest BCUT2D eigenvalue weighted by molar-refractivity contribution is 5.64. The van der Waals surface area contributed by atoms with E-state index >= 15 is 0 Å². The molecule has 0 aliphatic carbocycles. The van der Waals surface area contributed by atoms with Crippen molar-refractivity contribution in [2.24, 2.45) is 0 Å². The van der Waals surface area contributed by atoms with Crippen LogP contribution >= 0.6 is 0 Å². The molecule has 4 rings (SSSR count). The minimum absolute atomic E-state index is 0.647. The van der Waals surface area contributed by atoms with Gasteiger partial charge >= 0.3 is 0 Å². The van der Waals surface area contributed by atoms with Gasteiger partial charge in [0.25, 0.3) is 0 Å². The fourth-order valence-corrected chi connectivity index (χ4v) is 2.71. The molecule has 0 bridgehead atoms. The highest BCUT2D eigenvalue weighted by Gasteiger charge is 2.12. The molecule has 0 fully saturated rings. The van der Waals surface area contributed by atoms with Crippen LogP contribution in [0.25, 0.3) is 17.0 Å². The van der Waals surface area contributed by atoms with Crippen molar-refractivity contribution in [1.82, 2.24) is 24.1 Å². The number of ether oxygens (including phenoxy) is 1. The van der Waals surface area contributed by atoms with Crippen LogP contribution < -0.4 is 4.74 Å². The van der Waals surface area contributed by atoms with Gasteiger partial charge < -0.3 is 9.30 Å². The van der Waals surface area contributed by atoms with Crippen LogP contribution in [0.1, 0.15) is 5.69 Å². The number of rotatable bonds is 4. The van der Waals surface area contributed by atoms with Crippen molar-refractivity contribution in [2.45, 2.75) is 6.54 Å². The Morgan fingerprint density at radius 3 is 2.87 bits per heavy atom. The quantitative estimate of drug-likeness (QED) is 0.581. The number of fused-ring (bicyclic) bond motifs is 1. The first-order valence-electron chi connectivity index (χ1n) is 7.29. The maximum Gasteiger partial charge on any atom is 0.155 e. The molecule has 1 aromatic carbocycles. The maximum atomic E-state index is 5.45. The van der Waals surface area contributed by atoms with Crippen molar-refractivity contribution in [1.29, 1.82) is 0 Å². The second-order valence-electron chi connectivity index (χ2n) is 5.13. The number of nitrogens with zero attached hydrogens (tertiary/aromatic N) is 5. The molecule has 6 heteroatoms. The van der Waals surface area contributed by atoms with Crippen LogP contribution in [0.2, 0.25) is 0 Å². The lowest BCUT2D eigenvalue weighted by Gasteiger charge is -2.11. The number of benzene rings is 1. The summed E-state index contributed by atoms with van der Waals surface area (Å²) in [5, 5.41) is 4.28. The third-order valence-electron chi connectivity index (χ3n) is 3.78. The van der Waals surface area contributed by atoms with Gasteiger partial charge in [-0.05, 0) is 24.3 Å². The van der Waals surface area contributed by atoms with Crippen LogP contribution in [-0.4, -0.2) is 31.3 Å². The Morgan fingerprint density at radius 2 is 1.96 bits per heavy atom. The number of aromatic nitrogens is 5. The SMILES string of the molecule is COc1ccccc1-c1nccn1Cc1cccc2ncnn12. The van der Waals surface area contributed by atoms with E-state index in [4.69, 9.17) is 4.74 Å². The lowest BCUT2D eigenvalue weighted by atomic mass is 10.2. The Morgan fingerprint density at radius 1 is 1.04 bits per heavy atom. The van der Waals surface area contributed by atoms with E-state index in [9.17, 15) is 0 Å². The van der Waals surface area contributed by atoms with Gasteiger partial charge in [0, 0.05) is 12.4 Å². The lowest BCUT2D eigenvalue weighted by molar-refractivity contribution is 0.416. The summed E-state index contributed by atoms with van der Waals surface area (Å²) in [6.45, 7) is 0.647. The molecule has 3 aromatic heterocycles. The smallest absolute Gasteiger partial charge is 0.155 e. The van der Waals surface area contributed by atoms with Gasteiger partial charge in [-0.15, -0.1) is 0 Å². The van der Waals surface area contributed by atoms with Gasteiger partial charge in [-0.1, -0.05) is 18.2 Å². The van der Waals surface area contributed by atoms with Gasteiger partial charge in [0.2, 0.25) is 0 Å². The molecule has 0 unspecified atom stereocenters. The Kier molecular flexibility index (Phi) is 3.27. The molecule has 23 heavy (non-hydrogen) atoms. The standard InChI is InChI=1S/C17H15N5O/c1-23-15-7-3-2-6-14(15)17-18-9-10-21(17)11-13-5-4-8-16-19-12-20-22(13)16/h2-10,12H,11H2,1H3. The molecule has 0 saturated carbocycles. The first-order chi connectivity index (χ1) is 11.4. The highest BCUT2D eigenvalue weighted by atomic mass is 16.5. The molecule has 0 aliphatic heterocycles. The van der Waals surface area contributed by atoms with Crippen molar-refractivity contribution in [3.63, 3.8) is 0 Å². The number of pyridine rings is 1. The molecule has 0 radical (unpaired) electrons. The van der Waals surface area contributed by atoms with Crippen LogP contribution in [0, 0.1) is 0 Å². The maximum absolute atomic E-state index is 5.45. The monoisotopic (exact) mass is 305 g/mol. The molecule has 0 saturated heterocycles. The first kappa shape index (κ1) is 13.5. The molecule has 114 valence electrons. The summed E-state index contributed by atoms with van der Waals surface area (Å²) in [4.78, 5) is 8.72. The molecule has 3 heterocycles. The number of hydrogen-bond acceptors (Lipinski definition) is 4. The summed E-state index contributed by atoms with van der Waals surface area (Å²) in [6.07, 6.45) is 5.31. The van der Waals surface area contributed by atoms with Gasteiger partial charge in [-0.2, -0.15) is 5.10 Å². The van der Waals surface area contributed by atoms with Crippen LogP contribution in [0.4, 0.5) is 0 Å². The summed E-state index contributed by atoms with van der Waals surface area (Å²) < 4.78 is 9.37. The largest absolute Gasteiger partial charge is 0.496 e. The van der Waals surface area contributed by atoms with E-state index in [2.05, 4.69) is 19.6 Å². The van der Waals surface area contributed by atoms with E-state index in [0.29, 0.717) is 6.54 Å². The van der Waals surface area contributed by atoms with Crippen molar-refractivity contribution >= 4 is 5.65 Å². The second kappa shape index (κ2) is 5.57. The summed E-state index contributed by atoms with van der Waals surface area (Å²) in [7, 11) is 1.67. The molecular formula is C17H15N5O. The van der Waals surface area contributed by atoms with Crippen LogP contribution in [0.3, 0.4) is 0 Å². The Bertz CT molecular complexity index is 956. The zero-order valence-corrected chi connectivity index (χ0v) is 12.6. The molecule has 0 N–H and O–H groups in total. The minimum atomic E-state index is 0.647. The lowest BCUT2D eigenvalue weighted by Crippen LogP contribution is -2.07. The van der Waals surface area contributed by atoms with E-state index in [1.165, 1.54) is 0 Å². The van der Waals surface area contributed by atoms with Crippen molar-refractivity contribution in [3.05, 3.63) is 66.9 Å². The summed E-state index contributed by atoms with van der Waals surface area (Å²) >= 11 is 0. The van der Waals surface area contributed by atoms with E-state index < -0.39 is 0 Å². The van der Waals surface area contributed by atoms with Gasteiger partial charge in [-0.3, -0.25) is 0 Å². The van der Waals surface area contributed by atoms with Gasteiger partial charge in [0.15, 0.2) is 5.65 Å². The van der Waals surface area contributed by atoms with E-state index in [1.807, 2.05) is 53.2 Å². The zero-order valence-electron chi connectivity index (χ0n) is 12.6. The average Bonchev–Trinajstić information content (AvgIpc) is 3.24. The third-order valence-corrected chi connectivity index (χ3v) is 3.78. The van der Waals surface area contributed by atoms with Crippen molar-refractivity contribution < 1.29 is 4.74 Å². The molecule has 4 aromatic rings. The first-order valence-corrected chi connectivity index (χ1v) is 7.29. The van der Waals surface area contributed by atoms with Crippen LogP contribution in [0.15, 0.2) is 61.2 Å². The zero-order chi connectivity index (χ0) is 15.6. The number of para-hydroxylation sites is 1. The van der Waals surface area contributed by atoms with Crippen LogP contribution in [0.5, 0.6) is 5.75 Å². The molecule has 6 nitrogen and oxygen atoms in total. The Labute approximate surface area is 133 Å². The Balaban J connectivity index is 1.77. The van der Waals surface area contributed by atoms with Crippen molar-refractivity contribution in [3.8, 4) is 17.1 Å². The van der Waals surface area contributed by atoms with Crippen molar-refractivity contribution in [2.75, 3.05) is 7.11 Å². The summed E-state index contributed by atoms with van der Waals surface area (Å²) in [6, 6.07) is 13.8. The Hall–Kier alpha value is -3.15. The number of methoxy groups -OCH3 is 1. The molecule has 0 aliphatic rings. The average molecular weight is 305 g/mol. The normalized spacial score (nSPS) is 11.0. The third kappa shape index (κ3) is 2.34. The number of hydrogen-bond donors (Lipinski definition) is 0. The summed E-state index contributed by atoms with van der Waals surface area (Å²) in [5.41, 5.74) is 2.83. The van der Waals surface area contributed by atoms with Gasteiger partial charge in [-0.25, -0.2) is 14.5 Å². The predicted octanol–water partition coefficient (Wildman–Crippen LogP) is 2.65. The molecule has 0 spiro atoms. The fourth-order valence-electron chi connectivity index (χ4n) is 2.71. The van der Waals surface area contributed by atoms with Gasteiger partial charge in [0.1, 0.15) is 17.9 Å². The molecular weight excluding hydrogens is 290 g/mol. The minimum Gasteiger partial charge on any atom is -0.496 e. The topological polar surface area (TPSA) is 57.2 Å².